The van der Waals surface area contributed by atoms with Crippen molar-refractivity contribution in [2.75, 3.05) is 6.61 Å². The summed E-state index contributed by atoms with van der Waals surface area (Å²) in [4.78, 5) is 0. The van der Waals surface area contributed by atoms with Gasteiger partial charge in [0.25, 0.3) is 0 Å². The lowest BCUT2D eigenvalue weighted by atomic mass is 10.1. The van der Waals surface area contributed by atoms with Gasteiger partial charge in [0.2, 0.25) is 0 Å². The first-order valence-corrected chi connectivity index (χ1v) is 6.80. The van der Waals surface area contributed by atoms with Crippen LogP contribution in [0.1, 0.15) is 27.7 Å². The van der Waals surface area contributed by atoms with Gasteiger partial charge in [0.15, 0.2) is 17.9 Å². The van der Waals surface area contributed by atoms with Gasteiger partial charge in [-0.2, -0.15) is 12.6 Å². The van der Waals surface area contributed by atoms with E-state index in [4.69, 9.17) is 23.7 Å². The highest BCUT2D eigenvalue weighted by atomic mass is 32.1. The fourth-order valence-corrected chi connectivity index (χ4v) is 3.16. The summed E-state index contributed by atoms with van der Waals surface area (Å²) in [6.45, 7) is 8.06. The molecule has 3 saturated heterocycles. The highest BCUT2D eigenvalue weighted by molar-refractivity contribution is 7.81. The predicted octanol–water partition coefficient (Wildman–Crippen LogP) is 1.31. The Morgan fingerprint density at radius 2 is 1.67 bits per heavy atom. The molecule has 0 spiro atoms. The zero-order valence-corrected chi connectivity index (χ0v) is 12.0. The highest BCUT2D eigenvalue weighted by Crippen LogP contribution is 2.42. The van der Waals surface area contributed by atoms with Crippen molar-refractivity contribution in [1.82, 2.24) is 0 Å². The van der Waals surface area contributed by atoms with Gasteiger partial charge < -0.3 is 23.7 Å². The van der Waals surface area contributed by atoms with E-state index in [0.717, 1.165) is 0 Å². The maximum atomic E-state index is 5.88. The first kappa shape index (κ1) is 13.1. The lowest BCUT2D eigenvalue weighted by molar-refractivity contribution is -0.219. The van der Waals surface area contributed by atoms with Crippen molar-refractivity contribution >= 4 is 12.6 Å². The van der Waals surface area contributed by atoms with Crippen LogP contribution >= 0.6 is 12.6 Å². The number of ether oxygens (including phenoxy) is 5. The lowest BCUT2D eigenvalue weighted by Gasteiger charge is -2.26. The third kappa shape index (κ3) is 2.19. The first-order valence-electron chi connectivity index (χ1n) is 6.28. The quantitative estimate of drug-likeness (QED) is 0.732. The van der Waals surface area contributed by atoms with Crippen molar-refractivity contribution in [2.24, 2.45) is 0 Å². The Hall–Kier alpha value is 0.150. The number of hydrogen-bond donors (Lipinski definition) is 1. The van der Waals surface area contributed by atoms with Crippen LogP contribution in [0.25, 0.3) is 0 Å². The summed E-state index contributed by atoms with van der Waals surface area (Å²) >= 11 is 4.61. The van der Waals surface area contributed by atoms with Crippen molar-refractivity contribution in [3.63, 3.8) is 0 Å². The second kappa shape index (κ2) is 4.07. The second-order valence-electron chi connectivity index (χ2n) is 5.93. The fourth-order valence-electron chi connectivity index (χ4n) is 2.70. The van der Waals surface area contributed by atoms with E-state index in [2.05, 4.69) is 12.6 Å². The molecular weight excluding hydrogens is 256 g/mol. The van der Waals surface area contributed by atoms with E-state index >= 15 is 0 Å². The molecule has 3 aliphatic rings. The standard InChI is InChI=1S/C12H20O5S/c1-11(2)13-5-6(15-11)7-9(18)8-10(14-7)17-12(3,4)16-8/h6-10,18H,5H2,1-4H3/t6?,7-,8-,9+,10-/m1/s1. The zero-order valence-electron chi connectivity index (χ0n) is 11.1. The van der Waals surface area contributed by atoms with Crippen LogP contribution < -0.4 is 0 Å². The van der Waals surface area contributed by atoms with E-state index in [0.29, 0.717) is 6.61 Å². The molecule has 0 bridgehead atoms. The van der Waals surface area contributed by atoms with E-state index in [9.17, 15) is 0 Å². The molecule has 0 aromatic heterocycles. The van der Waals surface area contributed by atoms with E-state index in [1.165, 1.54) is 0 Å². The van der Waals surface area contributed by atoms with Gasteiger partial charge in [-0.15, -0.1) is 0 Å². The molecule has 18 heavy (non-hydrogen) atoms. The maximum absolute atomic E-state index is 5.88. The summed E-state index contributed by atoms with van der Waals surface area (Å²) in [7, 11) is 0. The topological polar surface area (TPSA) is 46.2 Å². The molecule has 0 aromatic rings. The van der Waals surface area contributed by atoms with Crippen LogP contribution in [0, 0.1) is 0 Å². The fraction of sp³-hybridized carbons (Fsp3) is 1.00. The van der Waals surface area contributed by atoms with Gasteiger partial charge in [-0.05, 0) is 27.7 Å². The van der Waals surface area contributed by atoms with E-state index < -0.39 is 11.6 Å². The summed E-state index contributed by atoms with van der Waals surface area (Å²) in [5, 5.41) is -0.0701. The molecule has 3 aliphatic heterocycles. The van der Waals surface area contributed by atoms with Gasteiger partial charge in [-0.25, -0.2) is 0 Å². The molecule has 0 amide bonds. The first-order chi connectivity index (χ1) is 8.27. The highest BCUT2D eigenvalue weighted by Gasteiger charge is 2.57. The predicted molar refractivity (Wildman–Crippen MR) is 66.4 cm³/mol. The lowest BCUT2D eigenvalue weighted by Crippen LogP contribution is -2.39. The van der Waals surface area contributed by atoms with Gasteiger partial charge in [-0.3, -0.25) is 0 Å². The maximum Gasteiger partial charge on any atom is 0.188 e. The van der Waals surface area contributed by atoms with Crippen molar-refractivity contribution in [3.8, 4) is 0 Å². The molecule has 0 N–H and O–H groups in total. The molecular formula is C12H20O5S. The molecule has 3 rings (SSSR count). The molecule has 5 nitrogen and oxygen atoms in total. The molecule has 1 unspecified atom stereocenters. The SMILES string of the molecule is CC1(C)OCC([C@H]2O[C@@H]3OC(C)(C)O[C@@H]3[C@H]2S)O1. The summed E-state index contributed by atoms with van der Waals surface area (Å²) in [5.74, 6) is -1.16. The van der Waals surface area contributed by atoms with Crippen LogP contribution in [0.2, 0.25) is 0 Å². The van der Waals surface area contributed by atoms with E-state index in [-0.39, 0.29) is 29.9 Å². The Kier molecular flexibility index (Phi) is 2.97. The Balaban J connectivity index is 1.68. The summed E-state index contributed by atoms with van der Waals surface area (Å²) in [5.41, 5.74) is 0. The van der Waals surface area contributed by atoms with Crippen molar-refractivity contribution in [2.45, 2.75) is 69.1 Å². The molecule has 0 saturated carbocycles. The average molecular weight is 276 g/mol. The molecule has 3 heterocycles. The average Bonchev–Trinajstić information content (AvgIpc) is 2.81. The smallest absolute Gasteiger partial charge is 0.188 e. The third-order valence-electron chi connectivity index (χ3n) is 3.45. The minimum Gasteiger partial charge on any atom is -0.348 e. The zero-order chi connectivity index (χ0) is 13.1. The Bertz CT molecular complexity index is 345. The van der Waals surface area contributed by atoms with Crippen LogP contribution in [0.5, 0.6) is 0 Å². The van der Waals surface area contributed by atoms with Crippen LogP contribution in [0.4, 0.5) is 0 Å². The van der Waals surface area contributed by atoms with Crippen molar-refractivity contribution in [3.05, 3.63) is 0 Å². The number of hydrogen-bond acceptors (Lipinski definition) is 6. The third-order valence-corrected chi connectivity index (χ3v) is 4.04. The van der Waals surface area contributed by atoms with E-state index in [1.54, 1.807) is 0 Å². The van der Waals surface area contributed by atoms with Crippen LogP contribution in [0.3, 0.4) is 0 Å². The van der Waals surface area contributed by atoms with E-state index in [1.807, 2.05) is 27.7 Å². The number of thiol groups is 1. The summed E-state index contributed by atoms with van der Waals surface area (Å²) in [6, 6.07) is 0. The van der Waals surface area contributed by atoms with Gasteiger partial charge in [-0.1, -0.05) is 0 Å². The van der Waals surface area contributed by atoms with Crippen molar-refractivity contribution in [1.29, 1.82) is 0 Å². The molecule has 0 aromatic carbocycles. The monoisotopic (exact) mass is 276 g/mol. The van der Waals surface area contributed by atoms with Gasteiger partial charge >= 0.3 is 0 Å². The Labute approximate surface area is 112 Å². The molecule has 5 atom stereocenters. The van der Waals surface area contributed by atoms with Crippen molar-refractivity contribution < 1.29 is 23.7 Å². The molecule has 3 fully saturated rings. The molecule has 0 radical (unpaired) electrons. The number of rotatable bonds is 1. The largest absolute Gasteiger partial charge is 0.348 e. The second-order valence-corrected chi connectivity index (χ2v) is 6.52. The molecule has 0 aliphatic carbocycles. The summed E-state index contributed by atoms with van der Waals surface area (Å²) in [6.07, 6.45) is -0.801. The van der Waals surface area contributed by atoms with Crippen LogP contribution in [-0.2, 0) is 23.7 Å². The van der Waals surface area contributed by atoms with Crippen LogP contribution in [0.15, 0.2) is 0 Å². The Morgan fingerprint density at radius 3 is 2.22 bits per heavy atom. The normalized spacial score (nSPS) is 49.5. The summed E-state index contributed by atoms with van der Waals surface area (Å²) < 4.78 is 28.8. The van der Waals surface area contributed by atoms with Gasteiger partial charge in [0, 0.05) is 0 Å². The van der Waals surface area contributed by atoms with Gasteiger partial charge in [0.05, 0.1) is 11.9 Å². The van der Waals surface area contributed by atoms with Gasteiger partial charge in [0.1, 0.15) is 18.3 Å². The van der Waals surface area contributed by atoms with Crippen LogP contribution in [-0.4, -0.2) is 48.0 Å². The molecule has 6 heteroatoms. The minimum atomic E-state index is -0.604. The Morgan fingerprint density at radius 1 is 0.944 bits per heavy atom. The minimum absolute atomic E-state index is 0.0701. The number of fused-ring (bicyclic) bond motifs is 1. The molecule has 104 valence electrons.